The molecule has 0 saturated heterocycles. The summed E-state index contributed by atoms with van der Waals surface area (Å²) in [4.78, 5) is 14.4. The number of nitrogens with zero attached hydrogens (tertiary/aromatic N) is 3. The van der Waals surface area contributed by atoms with Gasteiger partial charge in [0.1, 0.15) is 5.75 Å². The van der Waals surface area contributed by atoms with Gasteiger partial charge >= 0.3 is 0 Å². The fourth-order valence-corrected chi connectivity index (χ4v) is 3.20. The van der Waals surface area contributed by atoms with Crippen LogP contribution in [0.15, 0.2) is 52.9 Å². The van der Waals surface area contributed by atoms with E-state index in [0.29, 0.717) is 33.1 Å². The predicted octanol–water partition coefficient (Wildman–Crippen LogP) is 4.61. The maximum atomic E-state index is 12.7. The van der Waals surface area contributed by atoms with Gasteiger partial charge in [-0.1, -0.05) is 47.5 Å². The van der Waals surface area contributed by atoms with Crippen LogP contribution < -0.4 is 4.74 Å². The van der Waals surface area contributed by atoms with E-state index in [1.165, 1.54) is 0 Å². The van der Waals surface area contributed by atoms with Gasteiger partial charge in [0.25, 0.3) is 5.91 Å². The molecule has 0 atom stereocenters. The maximum absolute atomic E-state index is 12.7. The van der Waals surface area contributed by atoms with Crippen molar-refractivity contribution >= 4 is 29.1 Å². The van der Waals surface area contributed by atoms with Crippen LogP contribution in [-0.2, 0) is 11.3 Å². The van der Waals surface area contributed by atoms with E-state index in [0.717, 1.165) is 12.8 Å². The van der Waals surface area contributed by atoms with Crippen LogP contribution in [0.1, 0.15) is 18.7 Å². The second kappa shape index (κ2) is 8.20. The van der Waals surface area contributed by atoms with Gasteiger partial charge in [-0.3, -0.25) is 4.79 Å². The molecule has 0 N–H and O–H groups in total. The van der Waals surface area contributed by atoms with E-state index < -0.39 is 0 Å². The minimum absolute atomic E-state index is 0.105. The molecule has 1 fully saturated rings. The number of hydrogen-bond donors (Lipinski definition) is 0. The van der Waals surface area contributed by atoms with E-state index in [1.54, 1.807) is 41.3 Å². The minimum Gasteiger partial charge on any atom is -0.482 e. The third kappa shape index (κ3) is 4.29. The summed E-state index contributed by atoms with van der Waals surface area (Å²) >= 11 is 12.2. The Labute approximate surface area is 172 Å². The Morgan fingerprint density at radius 1 is 1.07 bits per heavy atom. The molecule has 1 amide bonds. The summed E-state index contributed by atoms with van der Waals surface area (Å²) in [6.45, 7) is 0.124. The van der Waals surface area contributed by atoms with Gasteiger partial charge in [-0.15, -0.1) is 10.2 Å². The quantitative estimate of drug-likeness (QED) is 0.561. The van der Waals surface area contributed by atoms with Crippen LogP contribution in [0.3, 0.4) is 0 Å². The molecule has 6 nitrogen and oxygen atoms in total. The number of para-hydroxylation sites is 1. The van der Waals surface area contributed by atoms with Crippen molar-refractivity contribution in [3.8, 4) is 17.2 Å². The molecule has 0 unspecified atom stereocenters. The second-order valence-electron chi connectivity index (χ2n) is 6.45. The maximum Gasteiger partial charge on any atom is 0.261 e. The Kier molecular flexibility index (Phi) is 5.50. The fourth-order valence-electron chi connectivity index (χ4n) is 2.80. The minimum atomic E-state index is -0.153. The van der Waals surface area contributed by atoms with Gasteiger partial charge < -0.3 is 14.1 Å². The standard InChI is InChI=1S/C20H17Cl2N3O3/c21-15-6-2-1-5-14(15)20-24-23-18(28-20)11-25(13-9-10-13)19(26)12-27-17-8-4-3-7-16(17)22/h1-8,13H,9-12H2. The average Bonchev–Trinajstić information content (AvgIpc) is 3.44. The molecule has 8 heteroatoms. The van der Waals surface area contributed by atoms with Gasteiger partial charge in [0.2, 0.25) is 11.8 Å². The Hall–Kier alpha value is -2.57. The Morgan fingerprint density at radius 2 is 1.79 bits per heavy atom. The molecule has 4 rings (SSSR count). The molecule has 2 aromatic carbocycles. The van der Waals surface area contributed by atoms with Crippen LogP contribution in [0.4, 0.5) is 0 Å². The summed E-state index contributed by atoms with van der Waals surface area (Å²) in [6.07, 6.45) is 1.90. The van der Waals surface area contributed by atoms with Crippen molar-refractivity contribution < 1.29 is 13.9 Å². The van der Waals surface area contributed by atoms with Gasteiger partial charge in [-0.25, -0.2) is 0 Å². The summed E-state index contributed by atoms with van der Waals surface area (Å²) in [5.74, 6) is 1.01. The SMILES string of the molecule is O=C(COc1ccccc1Cl)N(Cc1nnc(-c2ccccc2Cl)o1)C1CC1. The Morgan fingerprint density at radius 3 is 2.50 bits per heavy atom. The highest BCUT2D eigenvalue weighted by molar-refractivity contribution is 6.33. The lowest BCUT2D eigenvalue weighted by atomic mass is 10.2. The molecule has 1 aliphatic rings. The number of amides is 1. The van der Waals surface area contributed by atoms with Crippen LogP contribution in [-0.4, -0.2) is 33.7 Å². The number of rotatable bonds is 7. The molecular weight excluding hydrogens is 401 g/mol. The number of aromatic nitrogens is 2. The van der Waals surface area contributed by atoms with Crippen molar-refractivity contribution in [3.05, 3.63) is 64.5 Å². The lowest BCUT2D eigenvalue weighted by molar-refractivity contribution is -0.134. The Balaban J connectivity index is 1.44. The fraction of sp³-hybridized carbons (Fsp3) is 0.250. The summed E-state index contributed by atoms with van der Waals surface area (Å²) < 4.78 is 11.3. The first kappa shape index (κ1) is 18.8. The Bertz CT molecular complexity index is 988. The number of ether oxygens (including phenoxy) is 1. The van der Waals surface area contributed by atoms with Crippen LogP contribution in [0.2, 0.25) is 10.0 Å². The second-order valence-corrected chi connectivity index (χ2v) is 7.27. The number of halogens is 2. The molecule has 0 aliphatic heterocycles. The highest BCUT2D eigenvalue weighted by atomic mass is 35.5. The van der Waals surface area contributed by atoms with Crippen molar-refractivity contribution in [2.24, 2.45) is 0 Å². The largest absolute Gasteiger partial charge is 0.482 e. The zero-order valence-corrected chi connectivity index (χ0v) is 16.4. The van der Waals surface area contributed by atoms with Gasteiger partial charge in [0.15, 0.2) is 6.61 Å². The summed E-state index contributed by atoms with van der Waals surface area (Å²) in [7, 11) is 0. The molecular formula is C20H17Cl2N3O3. The molecule has 3 aromatic rings. The van der Waals surface area contributed by atoms with Gasteiger partial charge in [-0.05, 0) is 37.1 Å². The highest BCUT2D eigenvalue weighted by Crippen LogP contribution is 2.30. The van der Waals surface area contributed by atoms with Crippen molar-refractivity contribution in [1.82, 2.24) is 15.1 Å². The third-order valence-electron chi connectivity index (χ3n) is 4.37. The number of benzene rings is 2. The first-order chi connectivity index (χ1) is 13.6. The smallest absolute Gasteiger partial charge is 0.261 e. The summed E-state index contributed by atoms with van der Waals surface area (Å²) in [5.41, 5.74) is 0.661. The first-order valence-corrected chi connectivity index (χ1v) is 9.61. The van der Waals surface area contributed by atoms with E-state index in [-0.39, 0.29) is 25.1 Å². The topological polar surface area (TPSA) is 68.5 Å². The van der Waals surface area contributed by atoms with Crippen molar-refractivity contribution in [1.29, 1.82) is 0 Å². The number of hydrogen-bond acceptors (Lipinski definition) is 5. The number of carbonyl (C=O) groups excluding carboxylic acids is 1. The lowest BCUT2D eigenvalue weighted by Gasteiger charge is -2.20. The molecule has 0 spiro atoms. The predicted molar refractivity (Wildman–Crippen MR) is 105 cm³/mol. The zero-order valence-electron chi connectivity index (χ0n) is 14.8. The molecule has 144 valence electrons. The highest BCUT2D eigenvalue weighted by Gasteiger charge is 2.34. The molecule has 0 radical (unpaired) electrons. The van der Waals surface area contributed by atoms with Crippen LogP contribution >= 0.6 is 23.2 Å². The van der Waals surface area contributed by atoms with E-state index in [1.807, 2.05) is 12.1 Å². The zero-order chi connectivity index (χ0) is 19.5. The number of carbonyl (C=O) groups is 1. The van der Waals surface area contributed by atoms with E-state index >= 15 is 0 Å². The normalized spacial score (nSPS) is 13.4. The summed E-state index contributed by atoms with van der Waals surface area (Å²) in [5, 5.41) is 9.12. The summed E-state index contributed by atoms with van der Waals surface area (Å²) in [6, 6.07) is 14.5. The van der Waals surface area contributed by atoms with Gasteiger partial charge in [0, 0.05) is 6.04 Å². The molecule has 1 saturated carbocycles. The third-order valence-corrected chi connectivity index (χ3v) is 5.01. The molecule has 28 heavy (non-hydrogen) atoms. The van der Waals surface area contributed by atoms with Crippen LogP contribution in [0.5, 0.6) is 5.75 Å². The first-order valence-electron chi connectivity index (χ1n) is 8.86. The van der Waals surface area contributed by atoms with Gasteiger partial charge in [-0.2, -0.15) is 0 Å². The monoisotopic (exact) mass is 417 g/mol. The molecule has 0 bridgehead atoms. The van der Waals surface area contributed by atoms with E-state index in [9.17, 15) is 4.79 Å². The van der Waals surface area contributed by atoms with E-state index in [4.69, 9.17) is 32.4 Å². The van der Waals surface area contributed by atoms with Crippen molar-refractivity contribution in [3.63, 3.8) is 0 Å². The van der Waals surface area contributed by atoms with Crippen molar-refractivity contribution in [2.45, 2.75) is 25.4 Å². The van der Waals surface area contributed by atoms with Crippen LogP contribution in [0, 0.1) is 0 Å². The van der Waals surface area contributed by atoms with E-state index in [2.05, 4.69) is 10.2 Å². The average molecular weight is 418 g/mol. The van der Waals surface area contributed by atoms with Gasteiger partial charge in [0.05, 0.1) is 22.2 Å². The van der Waals surface area contributed by atoms with Crippen molar-refractivity contribution in [2.75, 3.05) is 6.61 Å². The molecule has 1 aromatic heterocycles. The molecule has 1 heterocycles. The molecule has 1 aliphatic carbocycles. The lowest BCUT2D eigenvalue weighted by Crippen LogP contribution is -2.36. The van der Waals surface area contributed by atoms with Crippen LogP contribution in [0.25, 0.3) is 11.5 Å².